The molecule has 1 aromatic carbocycles. The van der Waals surface area contributed by atoms with Crippen molar-refractivity contribution in [2.45, 2.75) is 18.7 Å². The van der Waals surface area contributed by atoms with E-state index in [4.69, 9.17) is 0 Å². The number of anilines is 1. The maximum Gasteiger partial charge on any atom is 0.262 e. The summed E-state index contributed by atoms with van der Waals surface area (Å²) in [6.07, 6.45) is 3.06. The first-order valence-corrected chi connectivity index (χ1v) is 7.87. The van der Waals surface area contributed by atoms with Crippen LogP contribution in [0.2, 0.25) is 0 Å². The molecule has 0 aliphatic heterocycles. The second kappa shape index (κ2) is 5.30. The van der Waals surface area contributed by atoms with Crippen LogP contribution in [0.25, 0.3) is 0 Å². The largest absolute Gasteiger partial charge is 0.278 e. The zero-order chi connectivity index (χ0) is 14.0. The highest BCUT2D eigenvalue weighted by atomic mass is 79.9. The van der Waals surface area contributed by atoms with E-state index in [9.17, 15) is 8.42 Å². The van der Waals surface area contributed by atoms with Crippen molar-refractivity contribution in [3.05, 3.63) is 52.3 Å². The minimum atomic E-state index is -3.60. The highest BCUT2D eigenvalue weighted by molar-refractivity contribution is 9.10. The lowest BCUT2D eigenvalue weighted by atomic mass is 10.2. The van der Waals surface area contributed by atoms with Gasteiger partial charge in [-0.2, -0.15) is 0 Å². The van der Waals surface area contributed by atoms with Gasteiger partial charge in [-0.1, -0.05) is 22.0 Å². The van der Waals surface area contributed by atoms with E-state index >= 15 is 0 Å². The monoisotopic (exact) mass is 340 g/mol. The lowest BCUT2D eigenvalue weighted by molar-refractivity contribution is 0.600. The molecule has 0 aliphatic rings. The molecule has 0 amide bonds. The maximum absolute atomic E-state index is 12.3. The van der Waals surface area contributed by atoms with Gasteiger partial charge < -0.3 is 0 Å². The van der Waals surface area contributed by atoms with E-state index in [0.717, 1.165) is 10.0 Å². The smallest absolute Gasteiger partial charge is 0.262 e. The van der Waals surface area contributed by atoms with E-state index in [1.165, 1.54) is 6.20 Å². The summed E-state index contributed by atoms with van der Waals surface area (Å²) in [6, 6.07) is 6.78. The molecule has 0 bridgehead atoms. The van der Waals surface area contributed by atoms with Gasteiger partial charge >= 0.3 is 0 Å². The number of benzene rings is 1. The van der Waals surface area contributed by atoms with Crippen molar-refractivity contribution in [2.75, 3.05) is 4.72 Å². The molecule has 19 heavy (non-hydrogen) atoms. The predicted molar refractivity (Wildman–Crippen MR) is 78.7 cm³/mol. The highest BCUT2D eigenvalue weighted by Crippen LogP contribution is 2.25. The Hall–Kier alpha value is -1.40. The Bertz CT molecular complexity index is 700. The molecule has 6 heteroatoms. The fraction of sp³-hybridized carbons (Fsp3) is 0.154. The average molecular weight is 341 g/mol. The number of nitrogens with one attached hydrogen (secondary N) is 1. The lowest BCUT2D eigenvalue weighted by Gasteiger charge is -2.11. The number of aryl methyl sites for hydroxylation is 2. The molecule has 4 nitrogen and oxygen atoms in total. The molecule has 0 radical (unpaired) electrons. The van der Waals surface area contributed by atoms with Gasteiger partial charge in [0, 0.05) is 10.7 Å². The average Bonchev–Trinajstić information content (AvgIpc) is 2.34. The fourth-order valence-electron chi connectivity index (χ4n) is 1.73. The zero-order valence-corrected chi connectivity index (χ0v) is 12.9. The normalized spacial score (nSPS) is 11.3. The second-order valence-corrected chi connectivity index (χ2v) is 6.72. The Morgan fingerprint density at radius 2 is 1.95 bits per heavy atom. The van der Waals surface area contributed by atoms with E-state index in [1.807, 2.05) is 13.0 Å². The molecule has 1 aromatic heterocycles. The van der Waals surface area contributed by atoms with Crippen LogP contribution in [0.3, 0.4) is 0 Å². The van der Waals surface area contributed by atoms with Gasteiger partial charge in [0.2, 0.25) is 0 Å². The van der Waals surface area contributed by atoms with E-state index in [0.29, 0.717) is 11.3 Å². The molecular formula is C13H13BrN2O2S. The Labute approximate surface area is 121 Å². The van der Waals surface area contributed by atoms with Gasteiger partial charge in [0.05, 0.1) is 16.8 Å². The van der Waals surface area contributed by atoms with Gasteiger partial charge in [0.25, 0.3) is 10.0 Å². The van der Waals surface area contributed by atoms with Crippen molar-refractivity contribution in [3.8, 4) is 0 Å². The molecule has 0 saturated carbocycles. The summed E-state index contributed by atoms with van der Waals surface area (Å²) in [5.41, 5.74) is 2.15. The van der Waals surface area contributed by atoms with Crippen molar-refractivity contribution < 1.29 is 8.42 Å². The van der Waals surface area contributed by atoms with Crippen LogP contribution in [0, 0.1) is 13.8 Å². The summed E-state index contributed by atoms with van der Waals surface area (Å²) in [4.78, 5) is 4.14. The first kappa shape index (κ1) is 14.0. The Morgan fingerprint density at radius 3 is 2.58 bits per heavy atom. The summed E-state index contributed by atoms with van der Waals surface area (Å²) in [5, 5.41) is 0. The molecular weight excluding hydrogens is 328 g/mol. The number of nitrogens with zero attached hydrogens (tertiary/aromatic N) is 1. The van der Waals surface area contributed by atoms with E-state index in [1.54, 1.807) is 31.3 Å². The predicted octanol–water partition coefficient (Wildman–Crippen LogP) is 3.26. The van der Waals surface area contributed by atoms with Crippen molar-refractivity contribution >= 4 is 31.6 Å². The number of sulfonamides is 1. The number of hydrogen-bond donors (Lipinski definition) is 1. The van der Waals surface area contributed by atoms with Crippen molar-refractivity contribution in [1.29, 1.82) is 0 Å². The summed E-state index contributed by atoms with van der Waals surface area (Å²) in [6.45, 7) is 3.69. The van der Waals surface area contributed by atoms with Crippen LogP contribution in [0.1, 0.15) is 11.1 Å². The van der Waals surface area contributed by atoms with E-state index < -0.39 is 10.0 Å². The molecule has 2 aromatic rings. The zero-order valence-electron chi connectivity index (χ0n) is 10.5. The molecule has 2 rings (SSSR count). The summed E-state index contributed by atoms with van der Waals surface area (Å²) < 4.78 is 27.9. The van der Waals surface area contributed by atoms with Crippen molar-refractivity contribution in [2.24, 2.45) is 0 Å². The molecule has 0 spiro atoms. The molecule has 0 aliphatic carbocycles. The van der Waals surface area contributed by atoms with Crippen LogP contribution in [-0.2, 0) is 10.0 Å². The summed E-state index contributed by atoms with van der Waals surface area (Å²) >= 11 is 3.35. The number of aromatic nitrogens is 1. The SMILES string of the molecule is Cc1cc(C)c(S(=O)(=O)Nc2cccnc2)cc1Br. The standard InChI is InChI=1S/C13H13BrN2O2S/c1-9-6-10(2)13(7-12(9)14)19(17,18)16-11-4-3-5-15-8-11/h3-8,16H,1-2H3. The lowest BCUT2D eigenvalue weighted by Crippen LogP contribution is -2.14. The van der Waals surface area contributed by atoms with E-state index in [-0.39, 0.29) is 4.90 Å². The van der Waals surface area contributed by atoms with Gasteiger partial charge in [-0.15, -0.1) is 0 Å². The molecule has 0 unspecified atom stereocenters. The van der Waals surface area contributed by atoms with Crippen molar-refractivity contribution in [3.63, 3.8) is 0 Å². The van der Waals surface area contributed by atoms with Crippen LogP contribution in [0.5, 0.6) is 0 Å². The minimum Gasteiger partial charge on any atom is -0.278 e. The second-order valence-electron chi connectivity index (χ2n) is 4.21. The van der Waals surface area contributed by atoms with Crippen molar-refractivity contribution in [1.82, 2.24) is 4.98 Å². The quantitative estimate of drug-likeness (QED) is 0.932. The van der Waals surface area contributed by atoms with Gasteiger partial charge in [0.1, 0.15) is 0 Å². The summed E-state index contributed by atoms with van der Waals surface area (Å²) in [5.74, 6) is 0. The van der Waals surface area contributed by atoms with Crippen LogP contribution < -0.4 is 4.72 Å². The fourth-order valence-corrected chi connectivity index (χ4v) is 3.52. The number of pyridine rings is 1. The molecule has 0 atom stereocenters. The third-order valence-electron chi connectivity index (χ3n) is 2.66. The Balaban J connectivity index is 2.43. The van der Waals surface area contributed by atoms with Crippen LogP contribution >= 0.6 is 15.9 Å². The first-order chi connectivity index (χ1) is 8.90. The third-order valence-corrected chi connectivity index (χ3v) is 5.04. The maximum atomic E-state index is 12.3. The number of halogens is 1. The molecule has 0 saturated heterocycles. The highest BCUT2D eigenvalue weighted by Gasteiger charge is 2.18. The van der Waals surface area contributed by atoms with Gasteiger partial charge in [-0.05, 0) is 43.2 Å². The third kappa shape index (κ3) is 3.13. The topological polar surface area (TPSA) is 59.1 Å². The van der Waals surface area contributed by atoms with Crippen LogP contribution in [-0.4, -0.2) is 13.4 Å². The first-order valence-electron chi connectivity index (χ1n) is 5.60. The minimum absolute atomic E-state index is 0.258. The Kier molecular flexibility index (Phi) is 3.91. The summed E-state index contributed by atoms with van der Waals surface area (Å²) in [7, 11) is -3.60. The van der Waals surface area contributed by atoms with Gasteiger partial charge in [-0.25, -0.2) is 8.42 Å². The van der Waals surface area contributed by atoms with Crippen LogP contribution in [0.15, 0.2) is 46.0 Å². The number of rotatable bonds is 3. The van der Waals surface area contributed by atoms with Gasteiger partial charge in [0.15, 0.2) is 0 Å². The van der Waals surface area contributed by atoms with Gasteiger partial charge in [-0.3, -0.25) is 9.71 Å². The molecule has 1 heterocycles. The molecule has 100 valence electrons. The number of hydrogen-bond acceptors (Lipinski definition) is 3. The van der Waals surface area contributed by atoms with E-state index in [2.05, 4.69) is 25.6 Å². The molecule has 1 N–H and O–H groups in total. The Morgan fingerprint density at radius 1 is 1.21 bits per heavy atom. The van der Waals surface area contributed by atoms with Crippen LogP contribution in [0.4, 0.5) is 5.69 Å². The molecule has 0 fully saturated rings.